The first-order chi connectivity index (χ1) is 20.0. The van der Waals surface area contributed by atoms with Crippen LogP contribution in [0.15, 0.2) is 0 Å². The van der Waals surface area contributed by atoms with Crippen LogP contribution >= 0.6 is 0 Å². The average molecular weight is 599 g/mol. The predicted octanol–water partition coefficient (Wildman–Crippen LogP) is 9.16. The molecule has 2 aliphatic rings. The lowest BCUT2D eigenvalue weighted by Gasteiger charge is -2.26. The highest BCUT2D eigenvalue weighted by Gasteiger charge is 2.31. The van der Waals surface area contributed by atoms with Crippen molar-refractivity contribution in [2.24, 2.45) is 11.8 Å². The summed E-state index contributed by atoms with van der Waals surface area (Å²) in [5.74, 6) is 0.637. The van der Waals surface area contributed by atoms with Crippen molar-refractivity contribution in [1.29, 1.82) is 0 Å². The molecular weight excluding hydrogens is 536 g/mol. The van der Waals surface area contributed by atoms with Crippen LogP contribution < -0.4 is 0 Å². The van der Waals surface area contributed by atoms with Crippen molar-refractivity contribution >= 4 is 12.3 Å². The minimum atomic E-state index is -0.533. The van der Waals surface area contributed by atoms with Gasteiger partial charge in [-0.2, -0.15) is 0 Å². The molecule has 4 atom stereocenters. The number of hydrogen-bond acceptors (Lipinski definition) is 8. The molecule has 0 aromatic rings. The van der Waals surface area contributed by atoms with Gasteiger partial charge < -0.3 is 28.4 Å². The van der Waals surface area contributed by atoms with E-state index in [0.29, 0.717) is 25.0 Å². The van der Waals surface area contributed by atoms with E-state index < -0.39 is 12.3 Å². The van der Waals surface area contributed by atoms with E-state index in [2.05, 4.69) is 41.5 Å². The monoisotopic (exact) mass is 598 g/mol. The molecular formula is C34H62O8. The summed E-state index contributed by atoms with van der Waals surface area (Å²) in [7, 11) is 0. The lowest BCUT2D eigenvalue weighted by atomic mass is 9.94. The molecule has 0 N–H and O–H groups in total. The van der Waals surface area contributed by atoms with E-state index in [9.17, 15) is 9.59 Å². The molecule has 2 aliphatic heterocycles. The number of carbonyl (C=O) groups is 2. The number of carbonyl (C=O) groups excluding carboxylic acids is 2. The number of hydrogen-bond donors (Lipinski definition) is 0. The molecule has 0 aromatic heterocycles. The molecule has 8 nitrogen and oxygen atoms in total. The highest BCUT2D eigenvalue weighted by molar-refractivity contribution is 5.62. The van der Waals surface area contributed by atoms with Gasteiger partial charge in [-0.3, -0.25) is 0 Å². The number of rotatable bonds is 25. The molecule has 2 fully saturated rings. The molecule has 0 saturated carbocycles. The summed E-state index contributed by atoms with van der Waals surface area (Å²) >= 11 is 0. The molecule has 0 amide bonds. The van der Waals surface area contributed by atoms with Gasteiger partial charge >= 0.3 is 12.3 Å². The minimum Gasteiger partial charge on any atom is -0.430 e. The lowest BCUT2D eigenvalue weighted by molar-refractivity contribution is -0.0282. The first kappa shape index (κ1) is 36.7. The summed E-state index contributed by atoms with van der Waals surface area (Å²) < 4.78 is 32.5. The molecule has 246 valence electrons. The zero-order valence-electron chi connectivity index (χ0n) is 27.7. The quantitative estimate of drug-likeness (QED) is 0.0759. The van der Waals surface area contributed by atoms with Gasteiger partial charge in [0.1, 0.15) is 25.4 Å². The van der Waals surface area contributed by atoms with Gasteiger partial charge in [0.25, 0.3) is 0 Å². The second-order valence-corrected chi connectivity index (χ2v) is 13.9. The Bertz CT molecular complexity index is 690. The van der Waals surface area contributed by atoms with Crippen LogP contribution in [0.2, 0.25) is 0 Å². The fourth-order valence-corrected chi connectivity index (χ4v) is 5.78. The Morgan fingerprint density at radius 1 is 0.595 bits per heavy atom. The Balaban J connectivity index is 1.32. The van der Waals surface area contributed by atoms with Gasteiger partial charge in [0.2, 0.25) is 0 Å². The zero-order chi connectivity index (χ0) is 30.8. The van der Waals surface area contributed by atoms with Gasteiger partial charge in [-0.25, -0.2) is 9.59 Å². The Kier molecular flexibility index (Phi) is 17.2. The third-order valence-corrected chi connectivity index (χ3v) is 8.90. The summed E-state index contributed by atoms with van der Waals surface area (Å²) in [6.07, 6.45) is 17.6. The zero-order valence-corrected chi connectivity index (χ0v) is 27.7. The summed E-state index contributed by atoms with van der Waals surface area (Å²) in [5, 5.41) is 0. The maximum atomic E-state index is 11.1. The van der Waals surface area contributed by atoms with Gasteiger partial charge in [-0.1, -0.05) is 78.1 Å². The molecule has 42 heavy (non-hydrogen) atoms. The van der Waals surface area contributed by atoms with E-state index in [4.69, 9.17) is 28.4 Å². The van der Waals surface area contributed by atoms with Crippen LogP contribution in [0.5, 0.6) is 0 Å². The van der Waals surface area contributed by atoms with Crippen molar-refractivity contribution in [3.63, 3.8) is 0 Å². The Morgan fingerprint density at radius 2 is 0.929 bits per heavy atom. The van der Waals surface area contributed by atoms with Gasteiger partial charge in [0, 0.05) is 13.2 Å². The fraction of sp³-hybridized carbons (Fsp3) is 0.941. The van der Waals surface area contributed by atoms with Crippen molar-refractivity contribution in [3.8, 4) is 0 Å². The van der Waals surface area contributed by atoms with E-state index in [0.717, 1.165) is 64.6 Å². The van der Waals surface area contributed by atoms with Crippen LogP contribution in [0.3, 0.4) is 0 Å². The number of unbranched alkanes of at least 4 members (excludes halogenated alkanes) is 9. The Hall–Kier alpha value is -1.54. The topological polar surface area (TPSA) is 89.5 Å². The maximum Gasteiger partial charge on any atom is 0.508 e. The fourth-order valence-electron chi connectivity index (χ4n) is 5.78. The molecule has 8 heteroatoms. The van der Waals surface area contributed by atoms with Crippen molar-refractivity contribution in [2.45, 2.75) is 168 Å². The standard InChI is InChI=1S/C34H62O8/c1-27(29-25-37-31(35)41-29)19-17-21-33(3,4)39-23-15-13-11-9-7-8-10-12-14-16-24-40-34(5,6)22-18-20-28(2)30-26-38-32(36)42-30/h27-30H,7-26H2,1-6H3. The van der Waals surface area contributed by atoms with Crippen LogP contribution in [0.25, 0.3) is 0 Å². The molecule has 0 aromatic carbocycles. The van der Waals surface area contributed by atoms with Crippen LogP contribution in [0.1, 0.15) is 144 Å². The normalized spacial score (nSPS) is 20.6. The molecule has 0 bridgehead atoms. The minimum absolute atomic E-state index is 0.0974. The van der Waals surface area contributed by atoms with Gasteiger partial charge in [-0.05, 0) is 78.1 Å². The van der Waals surface area contributed by atoms with Gasteiger partial charge in [0.05, 0.1) is 11.2 Å². The second kappa shape index (κ2) is 19.7. The van der Waals surface area contributed by atoms with Crippen LogP contribution in [0, 0.1) is 11.8 Å². The summed E-state index contributed by atoms with van der Waals surface area (Å²) in [5.41, 5.74) is -0.210. The summed E-state index contributed by atoms with van der Waals surface area (Å²) in [6, 6.07) is 0. The van der Waals surface area contributed by atoms with Gasteiger partial charge in [0.15, 0.2) is 0 Å². The molecule has 0 radical (unpaired) electrons. The molecule has 2 heterocycles. The van der Waals surface area contributed by atoms with E-state index in [1.54, 1.807) is 0 Å². The van der Waals surface area contributed by atoms with E-state index in [1.165, 1.54) is 51.4 Å². The largest absolute Gasteiger partial charge is 0.508 e. The summed E-state index contributed by atoms with van der Waals surface area (Å²) in [4.78, 5) is 22.2. The van der Waals surface area contributed by atoms with Crippen molar-refractivity contribution in [2.75, 3.05) is 26.4 Å². The Labute approximate surface area is 256 Å². The summed E-state index contributed by atoms with van der Waals surface area (Å²) in [6.45, 7) is 15.4. The highest BCUT2D eigenvalue weighted by atomic mass is 16.8. The second-order valence-electron chi connectivity index (χ2n) is 13.9. The third-order valence-electron chi connectivity index (χ3n) is 8.90. The molecule has 0 aliphatic carbocycles. The Morgan fingerprint density at radius 3 is 1.24 bits per heavy atom. The first-order valence-corrected chi connectivity index (χ1v) is 16.9. The van der Waals surface area contributed by atoms with E-state index in [1.807, 2.05) is 0 Å². The van der Waals surface area contributed by atoms with Gasteiger partial charge in [-0.15, -0.1) is 0 Å². The third kappa shape index (κ3) is 16.3. The molecule has 2 rings (SSSR count). The average Bonchev–Trinajstić information content (AvgIpc) is 3.56. The van der Waals surface area contributed by atoms with Crippen molar-refractivity contribution < 1.29 is 38.0 Å². The predicted molar refractivity (Wildman–Crippen MR) is 165 cm³/mol. The van der Waals surface area contributed by atoms with Crippen LogP contribution in [-0.2, 0) is 28.4 Å². The van der Waals surface area contributed by atoms with Crippen molar-refractivity contribution in [3.05, 3.63) is 0 Å². The molecule has 0 spiro atoms. The SMILES string of the molecule is CC(CCCC(C)(C)OCCCCCCCCCCCCOC(C)(C)CCCC(C)C1COC(=O)O1)C1COC(=O)O1. The molecule has 4 unspecified atom stereocenters. The lowest BCUT2D eigenvalue weighted by Crippen LogP contribution is -2.26. The van der Waals surface area contributed by atoms with Crippen LogP contribution in [0.4, 0.5) is 9.59 Å². The maximum absolute atomic E-state index is 11.1. The highest BCUT2D eigenvalue weighted by Crippen LogP contribution is 2.26. The van der Waals surface area contributed by atoms with E-state index in [-0.39, 0.29) is 23.4 Å². The smallest absolute Gasteiger partial charge is 0.430 e. The van der Waals surface area contributed by atoms with Crippen molar-refractivity contribution in [1.82, 2.24) is 0 Å². The van der Waals surface area contributed by atoms with E-state index >= 15 is 0 Å². The number of cyclic esters (lactones) is 4. The van der Waals surface area contributed by atoms with Crippen LogP contribution in [-0.4, -0.2) is 62.1 Å². The number of ether oxygens (including phenoxy) is 6. The first-order valence-electron chi connectivity index (χ1n) is 16.9. The molecule has 2 saturated heterocycles.